The molecule has 0 amide bonds. The summed E-state index contributed by atoms with van der Waals surface area (Å²) in [6, 6.07) is 5.57. The molecule has 1 aliphatic rings. The zero-order valence-corrected chi connectivity index (χ0v) is 11.3. The number of anilines is 1. The third-order valence-corrected chi connectivity index (χ3v) is 4.06. The zero-order valence-electron chi connectivity index (χ0n) is 11.3. The van der Waals surface area contributed by atoms with E-state index in [9.17, 15) is 9.90 Å². The normalized spacial score (nSPS) is 24.1. The first kappa shape index (κ1) is 12.9. The molecule has 1 aliphatic heterocycles. The van der Waals surface area contributed by atoms with Crippen LogP contribution in [0.25, 0.3) is 0 Å². The highest BCUT2D eigenvalue weighted by Gasteiger charge is 2.25. The van der Waals surface area contributed by atoms with Crippen LogP contribution in [0.4, 0.5) is 5.69 Å². The fraction of sp³-hybridized carbons (Fsp3) is 0.533. The highest BCUT2D eigenvalue weighted by Crippen LogP contribution is 2.30. The van der Waals surface area contributed by atoms with E-state index in [4.69, 9.17) is 0 Å². The Labute approximate surface area is 108 Å². The molecule has 18 heavy (non-hydrogen) atoms. The van der Waals surface area contributed by atoms with Gasteiger partial charge in [-0.25, -0.2) is 4.79 Å². The van der Waals surface area contributed by atoms with Gasteiger partial charge in [-0.05, 0) is 42.9 Å². The quantitative estimate of drug-likeness (QED) is 0.872. The van der Waals surface area contributed by atoms with Crippen LogP contribution in [0.1, 0.15) is 36.2 Å². The lowest BCUT2D eigenvalue weighted by Gasteiger charge is -2.37. The molecule has 0 spiro atoms. The average Bonchev–Trinajstić information content (AvgIpc) is 2.32. The molecule has 0 aromatic heterocycles. The zero-order chi connectivity index (χ0) is 13.3. The van der Waals surface area contributed by atoms with E-state index >= 15 is 0 Å². The summed E-state index contributed by atoms with van der Waals surface area (Å²) in [7, 11) is 0. The molecule has 1 N–H and O–H groups in total. The number of aromatic carboxylic acids is 1. The number of carboxylic acid groups (broad SMARTS) is 1. The van der Waals surface area contributed by atoms with Crippen molar-refractivity contribution in [2.75, 3.05) is 18.0 Å². The molecule has 1 aromatic rings. The van der Waals surface area contributed by atoms with Crippen molar-refractivity contribution < 1.29 is 9.90 Å². The maximum absolute atomic E-state index is 11.3. The molecule has 2 atom stereocenters. The molecular weight excluding hydrogens is 226 g/mol. The molecule has 0 radical (unpaired) electrons. The maximum atomic E-state index is 11.3. The largest absolute Gasteiger partial charge is 0.478 e. The molecule has 1 heterocycles. The smallest absolute Gasteiger partial charge is 0.337 e. The Kier molecular flexibility index (Phi) is 3.60. The number of aryl methyl sites for hydroxylation is 1. The number of carbonyl (C=O) groups is 1. The van der Waals surface area contributed by atoms with Crippen molar-refractivity contribution in [3.05, 3.63) is 29.3 Å². The predicted molar refractivity (Wildman–Crippen MR) is 73.3 cm³/mol. The van der Waals surface area contributed by atoms with Crippen LogP contribution in [0.5, 0.6) is 0 Å². The van der Waals surface area contributed by atoms with Gasteiger partial charge in [-0.15, -0.1) is 0 Å². The lowest BCUT2D eigenvalue weighted by atomic mass is 9.88. The topological polar surface area (TPSA) is 40.5 Å². The second kappa shape index (κ2) is 5.01. The third-order valence-electron chi connectivity index (χ3n) is 4.06. The van der Waals surface area contributed by atoms with Crippen LogP contribution in [-0.2, 0) is 0 Å². The third kappa shape index (κ3) is 2.50. The lowest BCUT2D eigenvalue weighted by molar-refractivity contribution is 0.0697. The summed E-state index contributed by atoms with van der Waals surface area (Å²) in [5, 5.41) is 9.28. The van der Waals surface area contributed by atoms with Crippen LogP contribution in [0.2, 0.25) is 0 Å². The molecule has 0 saturated carbocycles. The standard InChI is InChI=1S/C15H21NO2/c1-10-4-5-13(15(17)18)14(8-10)16-7-6-11(2)12(3)9-16/h4-5,8,11-12H,6-7,9H2,1-3H3,(H,17,18). The molecule has 1 fully saturated rings. The summed E-state index contributed by atoms with van der Waals surface area (Å²) in [4.78, 5) is 13.5. The fourth-order valence-electron chi connectivity index (χ4n) is 2.57. The van der Waals surface area contributed by atoms with E-state index in [1.807, 2.05) is 19.1 Å². The Balaban J connectivity index is 2.32. The fourth-order valence-corrected chi connectivity index (χ4v) is 2.57. The number of nitrogens with zero attached hydrogens (tertiary/aromatic N) is 1. The predicted octanol–water partition coefficient (Wildman–Crippen LogP) is 3.18. The van der Waals surface area contributed by atoms with Gasteiger partial charge >= 0.3 is 5.97 Å². The van der Waals surface area contributed by atoms with Gasteiger partial charge in [0.1, 0.15) is 0 Å². The Bertz CT molecular complexity index is 456. The Morgan fingerprint density at radius 3 is 2.67 bits per heavy atom. The van der Waals surface area contributed by atoms with E-state index in [0.717, 1.165) is 36.7 Å². The summed E-state index contributed by atoms with van der Waals surface area (Å²) in [6.45, 7) is 8.43. The summed E-state index contributed by atoms with van der Waals surface area (Å²) < 4.78 is 0. The van der Waals surface area contributed by atoms with Gasteiger partial charge in [0.05, 0.1) is 11.3 Å². The molecule has 98 valence electrons. The number of piperidine rings is 1. The van der Waals surface area contributed by atoms with Crippen LogP contribution in [0.15, 0.2) is 18.2 Å². The van der Waals surface area contributed by atoms with Crippen molar-refractivity contribution in [1.82, 2.24) is 0 Å². The monoisotopic (exact) mass is 247 g/mol. The molecule has 0 aliphatic carbocycles. The van der Waals surface area contributed by atoms with Crippen LogP contribution < -0.4 is 4.90 Å². The number of carboxylic acids is 1. The van der Waals surface area contributed by atoms with E-state index in [0.29, 0.717) is 11.5 Å². The summed E-state index contributed by atoms with van der Waals surface area (Å²) in [5.74, 6) is 0.497. The van der Waals surface area contributed by atoms with Crippen LogP contribution >= 0.6 is 0 Å². The van der Waals surface area contributed by atoms with Crippen molar-refractivity contribution in [1.29, 1.82) is 0 Å². The average molecular weight is 247 g/mol. The van der Waals surface area contributed by atoms with Gasteiger partial charge in [-0.3, -0.25) is 0 Å². The van der Waals surface area contributed by atoms with Gasteiger partial charge in [0.15, 0.2) is 0 Å². The van der Waals surface area contributed by atoms with Crippen molar-refractivity contribution in [2.24, 2.45) is 11.8 Å². The van der Waals surface area contributed by atoms with Gasteiger partial charge in [0, 0.05) is 13.1 Å². The van der Waals surface area contributed by atoms with E-state index in [1.54, 1.807) is 6.07 Å². The first-order valence-electron chi connectivity index (χ1n) is 6.58. The van der Waals surface area contributed by atoms with Crippen LogP contribution in [-0.4, -0.2) is 24.2 Å². The highest BCUT2D eigenvalue weighted by atomic mass is 16.4. The highest BCUT2D eigenvalue weighted by molar-refractivity contribution is 5.94. The Morgan fingerprint density at radius 2 is 2.06 bits per heavy atom. The molecule has 2 unspecified atom stereocenters. The molecule has 3 nitrogen and oxygen atoms in total. The molecule has 0 bridgehead atoms. The van der Waals surface area contributed by atoms with Gasteiger partial charge in [0.25, 0.3) is 0 Å². The van der Waals surface area contributed by atoms with E-state index < -0.39 is 5.97 Å². The first-order chi connectivity index (χ1) is 8.49. The van der Waals surface area contributed by atoms with Gasteiger partial charge in [0.2, 0.25) is 0 Å². The number of hydrogen-bond donors (Lipinski definition) is 1. The minimum Gasteiger partial charge on any atom is -0.478 e. The number of rotatable bonds is 2. The lowest BCUT2D eigenvalue weighted by Crippen LogP contribution is -2.39. The van der Waals surface area contributed by atoms with Crippen molar-refractivity contribution in [3.8, 4) is 0 Å². The molecule has 1 aromatic carbocycles. The Hall–Kier alpha value is -1.51. The van der Waals surface area contributed by atoms with Gasteiger partial charge in [-0.2, -0.15) is 0 Å². The van der Waals surface area contributed by atoms with Crippen molar-refractivity contribution in [3.63, 3.8) is 0 Å². The summed E-state index contributed by atoms with van der Waals surface area (Å²) >= 11 is 0. The van der Waals surface area contributed by atoms with Gasteiger partial charge < -0.3 is 10.0 Å². The van der Waals surface area contributed by atoms with E-state index in [2.05, 4.69) is 18.7 Å². The maximum Gasteiger partial charge on any atom is 0.337 e. The minimum atomic E-state index is -0.837. The van der Waals surface area contributed by atoms with Crippen LogP contribution in [0, 0.1) is 18.8 Å². The SMILES string of the molecule is Cc1ccc(C(=O)O)c(N2CCC(C)C(C)C2)c1. The molecule has 3 heteroatoms. The van der Waals surface area contributed by atoms with Crippen molar-refractivity contribution in [2.45, 2.75) is 27.2 Å². The van der Waals surface area contributed by atoms with E-state index in [-0.39, 0.29) is 0 Å². The van der Waals surface area contributed by atoms with Crippen molar-refractivity contribution >= 4 is 11.7 Å². The van der Waals surface area contributed by atoms with E-state index in [1.165, 1.54) is 0 Å². The first-order valence-corrected chi connectivity index (χ1v) is 6.58. The number of benzene rings is 1. The Morgan fingerprint density at radius 1 is 1.33 bits per heavy atom. The molecule has 2 rings (SSSR count). The minimum absolute atomic E-state index is 0.419. The summed E-state index contributed by atoms with van der Waals surface area (Å²) in [5.41, 5.74) is 2.41. The van der Waals surface area contributed by atoms with Gasteiger partial charge in [-0.1, -0.05) is 19.9 Å². The second-order valence-electron chi connectivity index (χ2n) is 5.52. The second-order valence-corrected chi connectivity index (χ2v) is 5.52. The molecule has 1 saturated heterocycles. The van der Waals surface area contributed by atoms with Crippen LogP contribution in [0.3, 0.4) is 0 Å². The number of hydrogen-bond acceptors (Lipinski definition) is 2. The molecular formula is C15H21NO2. The summed E-state index contributed by atoms with van der Waals surface area (Å²) in [6.07, 6.45) is 1.13.